The minimum absolute atomic E-state index is 0.0592. The van der Waals surface area contributed by atoms with Crippen molar-refractivity contribution in [3.05, 3.63) is 178 Å². The number of allylic oxidation sites excluding steroid dienone is 2. The Hall–Kier alpha value is -5.66. The smallest absolute Gasteiger partial charge is 0.0718 e. The number of aryl methyl sites for hydroxylation is 3. The zero-order valence-corrected chi connectivity index (χ0v) is 28.5. The fraction of sp³-hybridized carbons (Fsp3) is 0.106. The van der Waals surface area contributed by atoms with Crippen molar-refractivity contribution < 1.29 is 0 Å². The lowest BCUT2D eigenvalue weighted by Gasteiger charge is -2.31. The number of fused-ring (bicyclic) bond motifs is 1. The summed E-state index contributed by atoms with van der Waals surface area (Å²) in [6, 6.07) is 33.1. The molecule has 1 unspecified atom stereocenters. The van der Waals surface area contributed by atoms with Gasteiger partial charge in [0.15, 0.2) is 0 Å². The van der Waals surface area contributed by atoms with Gasteiger partial charge in [0.1, 0.15) is 0 Å². The maximum absolute atomic E-state index is 4.19. The van der Waals surface area contributed by atoms with Crippen LogP contribution in [-0.4, -0.2) is 6.04 Å². The van der Waals surface area contributed by atoms with E-state index in [0.29, 0.717) is 0 Å². The second-order valence-electron chi connectivity index (χ2n) is 12.4. The lowest BCUT2D eigenvalue weighted by Crippen LogP contribution is -2.36. The molecular weight excluding hydrogens is 579 g/mol. The highest BCUT2D eigenvalue weighted by atomic mass is 15.2. The van der Waals surface area contributed by atoms with Crippen LogP contribution < -0.4 is 15.3 Å². The first-order valence-electron chi connectivity index (χ1n) is 16.6. The maximum atomic E-state index is 4.19. The van der Waals surface area contributed by atoms with Gasteiger partial charge in [0, 0.05) is 11.4 Å². The lowest BCUT2D eigenvalue weighted by molar-refractivity contribution is 0.979. The molecule has 1 nitrogen and oxygen atoms in total. The summed E-state index contributed by atoms with van der Waals surface area (Å²) in [5, 5.41) is 2.30. The third-order valence-electron chi connectivity index (χ3n) is 9.32. The highest BCUT2D eigenvalue weighted by molar-refractivity contribution is 5.83. The summed E-state index contributed by atoms with van der Waals surface area (Å²) in [6.45, 7) is 21.1. The van der Waals surface area contributed by atoms with E-state index < -0.39 is 0 Å². The molecule has 0 saturated heterocycles. The zero-order chi connectivity index (χ0) is 33.8. The van der Waals surface area contributed by atoms with Crippen LogP contribution >= 0.6 is 0 Å². The number of rotatable bonds is 9. The highest BCUT2D eigenvalue weighted by Gasteiger charge is 2.20. The van der Waals surface area contributed by atoms with Gasteiger partial charge in [0.05, 0.1) is 6.04 Å². The molecule has 0 heterocycles. The van der Waals surface area contributed by atoms with E-state index >= 15 is 0 Å². The van der Waals surface area contributed by atoms with Crippen LogP contribution in [-0.2, 0) is 0 Å². The van der Waals surface area contributed by atoms with Crippen LogP contribution in [0, 0.1) is 20.8 Å². The molecule has 0 spiro atoms. The average Bonchev–Trinajstić information content (AvgIpc) is 3.32. The van der Waals surface area contributed by atoms with Crippen molar-refractivity contribution in [1.29, 1.82) is 0 Å². The van der Waals surface area contributed by atoms with E-state index in [4.69, 9.17) is 0 Å². The lowest BCUT2D eigenvalue weighted by atomic mass is 9.90. The van der Waals surface area contributed by atoms with Gasteiger partial charge in [-0.15, -0.1) is 0 Å². The van der Waals surface area contributed by atoms with Crippen molar-refractivity contribution in [3.63, 3.8) is 0 Å². The third-order valence-corrected chi connectivity index (χ3v) is 9.32. The minimum Gasteiger partial charge on any atom is -0.331 e. The second-order valence-corrected chi connectivity index (χ2v) is 12.4. The predicted molar refractivity (Wildman–Crippen MR) is 213 cm³/mol. The minimum atomic E-state index is -0.0592. The largest absolute Gasteiger partial charge is 0.331 e. The van der Waals surface area contributed by atoms with Crippen LogP contribution in [0.15, 0.2) is 129 Å². The molecule has 0 radical (unpaired) electrons. The topological polar surface area (TPSA) is 3.24 Å². The van der Waals surface area contributed by atoms with Gasteiger partial charge in [-0.25, -0.2) is 0 Å². The molecule has 0 bridgehead atoms. The average molecular weight is 622 g/mol. The van der Waals surface area contributed by atoms with Crippen molar-refractivity contribution in [2.45, 2.75) is 33.7 Å². The summed E-state index contributed by atoms with van der Waals surface area (Å²) in [4.78, 5) is 2.42. The number of nitrogens with zero attached hydrogens (tertiary/aromatic N) is 1. The van der Waals surface area contributed by atoms with E-state index in [2.05, 4.69) is 180 Å². The molecule has 1 aliphatic carbocycles. The van der Waals surface area contributed by atoms with Gasteiger partial charge in [-0.05, 0) is 136 Å². The molecule has 5 aromatic carbocycles. The van der Waals surface area contributed by atoms with Gasteiger partial charge >= 0.3 is 0 Å². The quantitative estimate of drug-likeness (QED) is 0.158. The Bertz CT molecular complexity index is 2220. The highest BCUT2D eigenvalue weighted by Crippen LogP contribution is 2.35. The van der Waals surface area contributed by atoms with E-state index in [1.165, 1.54) is 38.9 Å². The Morgan fingerprint density at radius 1 is 0.604 bits per heavy atom. The Labute approximate surface area is 286 Å². The number of benzene rings is 5. The predicted octanol–water partition coefficient (Wildman–Crippen LogP) is 11.2. The Balaban J connectivity index is 1.51. The van der Waals surface area contributed by atoms with Crippen molar-refractivity contribution in [1.82, 2.24) is 0 Å². The summed E-state index contributed by atoms with van der Waals surface area (Å²) < 4.78 is 0. The molecule has 0 saturated carbocycles. The van der Waals surface area contributed by atoms with Crippen LogP contribution in [0.1, 0.15) is 45.9 Å². The summed E-state index contributed by atoms with van der Waals surface area (Å²) in [5.41, 5.74) is 15.3. The summed E-state index contributed by atoms with van der Waals surface area (Å²) >= 11 is 0. The Morgan fingerprint density at radius 2 is 1.29 bits per heavy atom. The van der Waals surface area contributed by atoms with Crippen LogP contribution in [0.4, 0.5) is 11.4 Å². The van der Waals surface area contributed by atoms with Crippen LogP contribution in [0.2, 0.25) is 0 Å². The van der Waals surface area contributed by atoms with Crippen molar-refractivity contribution in [2.24, 2.45) is 0 Å². The molecule has 0 aliphatic heterocycles. The van der Waals surface area contributed by atoms with Crippen LogP contribution in [0.5, 0.6) is 0 Å². The fourth-order valence-electron chi connectivity index (χ4n) is 6.94. The van der Waals surface area contributed by atoms with Crippen LogP contribution in [0.3, 0.4) is 0 Å². The summed E-state index contributed by atoms with van der Waals surface area (Å²) in [6.07, 6.45) is 19.1. The molecule has 0 fully saturated rings. The Morgan fingerprint density at radius 3 is 1.98 bits per heavy atom. The van der Waals surface area contributed by atoms with E-state index in [0.717, 1.165) is 44.1 Å². The first-order valence-corrected chi connectivity index (χ1v) is 16.6. The SMILES string of the molecule is C=Cc1c(C=C)c(/C=C\C)c2c(c1C=C)=CC=CC(N(c1ccc(-c3ccc(C)c(-c4ccccc4C)c3)cc1)c1cccc(C)c1)C=2. The van der Waals surface area contributed by atoms with E-state index in [-0.39, 0.29) is 6.04 Å². The van der Waals surface area contributed by atoms with Gasteiger partial charge < -0.3 is 4.90 Å². The standard InChI is InChI=1S/C47H43N/c1-8-16-44-41(10-3)40(9-2)42(11-4)45-22-15-20-39(31-47(44)45)48(38-19-14-17-32(5)29-38)37-27-25-35(26-28-37)36-24-23-34(7)46(30-36)43-21-13-12-18-33(43)6/h8-31,39H,2-4H2,1,5-7H3/b16-8-. The summed E-state index contributed by atoms with van der Waals surface area (Å²) in [5.74, 6) is 0. The zero-order valence-electron chi connectivity index (χ0n) is 28.5. The molecule has 0 amide bonds. The molecule has 0 aromatic heterocycles. The Kier molecular flexibility index (Phi) is 9.41. The van der Waals surface area contributed by atoms with E-state index in [9.17, 15) is 0 Å². The van der Waals surface area contributed by atoms with Crippen molar-refractivity contribution in [2.75, 3.05) is 4.90 Å². The molecule has 48 heavy (non-hydrogen) atoms. The van der Waals surface area contributed by atoms with E-state index in [1.807, 2.05) is 18.2 Å². The molecule has 236 valence electrons. The molecule has 6 rings (SSSR count). The van der Waals surface area contributed by atoms with Gasteiger partial charge in [-0.2, -0.15) is 0 Å². The van der Waals surface area contributed by atoms with E-state index in [1.54, 1.807) is 0 Å². The molecule has 5 aromatic rings. The molecule has 0 N–H and O–H groups in total. The summed E-state index contributed by atoms with van der Waals surface area (Å²) in [7, 11) is 0. The normalized spacial score (nSPS) is 13.6. The van der Waals surface area contributed by atoms with Gasteiger partial charge in [0.2, 0.25) is 0 Å². The maximum Gasteiger partial charge on any atom is 0.0718 e. The second kappa shape index (κ2) is 14.0. The van der Waals surface area contributed by atoms with Gasteiger partial charge in [-0.1, -0.05) is 129 Å². The van der Waals surface area contributed by atoms with Crippen molar-refractivity contribution in [3.8, 4) is 22.3 Å². The number of anilines is 2. The first kappa shape index (κ1) is 32.3. The fourth-order valence-corrected chi connectivity index (χ4v) is 6.94. The monoisotopic (exact) mass is 621 g/mol. The molecule has 1 heteroatoms. The molecule has 1 aliphatic rings. The number of hydrogen-bond acceptors (Lipinski definition) is 1. The number of hydrogen-bond donors (Lipinski definition) is 0. The van der Waals surface area contributed by atoms with Gasteiger partial charge in [0.25, 0.3) is 0 Å². The third kappa shape index (κ3) is 6.08. The molecule has 1 atom stereocenters. The van der Waals surface area contributed by atoms with Gasteiger partial charge in [-0.3, -0.25) is 0 Å². The first-order chi connectivity index (χ1) is 23.4. The van der Waals surface area contributed by atoms with Crippen LogP contribution in [0.25, 0.3) is 58.7 Å². The molecular formula is C47H43N. The van der Waals surface area contributed by atoms with Crippen molar-refractivity contribution >= 4 is 47.8 Å².